The highest BCUT2D eigenvalue weighted by Gasteiger charge is 2.17. The second kappa shape index (κ2) is 9.95. The quantitative estimate of drug-likeness (QED) is 0.268. The third-order valence-corrected chi connectivity index (χ3v) is 6.08. The Morgan fingerprint density at radius 3 is 1.25 bits per heavy atom. The van der Waals surface area contributed by atoms with E-state index in [4.69, 9.17) is 33.2 Å². The Morgan fingerprint density at radius 2 is 0.875 bits per heavy atom. The first-order valence-corrected chi connectivity index (χ1v) is 11.1. The van der Waals surface area contributed by atoms with Crippen LogP contribution in [0.25, 0.3) is 0 Å². The fourth-order valence-corrected chi connectivity index (χ4v) is 3.71. The number of aliphatic imine (C=N–C) groups is 2. The van der Waals surface area contributed by atoms with Gasteiger partial charge in [0.25, 0.3) is 0 Å². The average Bonchev–Trinajstić information content (AvgIpc) is 2.82. The van der Waals surface area contributed by atoms with Crippen LogP contribution in [0.15, 0.2) is 107 Å². The highest BCUT2D eigenvalue weighted by molar-refractivity contribution is 6.54. The van der Waals surface area contributed by atoms with Gasteiger partial charge in [-0.3, -0.25) is 0 Å². The molecule has 4 rings (SSSR count). The lowest BCUT2D eigenvalue weighted by atomic mass is 9.98. The van der Waals surface area contributed by atoms with Crippen molar-refractivity contribution in [1.29, 1.82) is 0 Å². The van der Waals surface area contributed by atoms with Gasteiger partial charge >= 0.3 is 0 Å². The van der Waals surface area contributed by atoms with E-state index in [9.17, 15) is 0 Å². The number of hydrogen-bond acceptors (Lipinski definition) is 2. The Hall–Kier alpha value is -3.20. The number of rotatable bonds is 5. The normalized spacial score (nSPS) is 12.1. The van der Waals surface area contributed by atoms with E-state index in [0.29, 0.717) is 10.0 Å². The van der Waals surface area contributed by atoms with Crippen LogP contribution < -0.4 is 0 Å². The molecule has 4 aromatic rings. The van der Waals surface area contributed by atoms with Gasteiger partial charge in [-0.1, -0.05) is 96.0 Å². The van der Waals surface area contributed by atoms with Crippen LogP contribution >= 0.6 is 23.2 Å². The summed E-state index contributed by atoms with van der Waals surface area (Å²) in [6.07, 6.45) is 0. The maximum absolute atomic E-state index is 6.39. The molecule has 0 unspecified atom stereocenters. The second-order valence-electron chi connectivity index (χ2n) is 7.42. The first-order valence-electron chi connectivity index (χ1n) is 10.3. The van der Waals surface area contributed by atoms with E-state index in [1.165, 1.54) is 0 Å². The molecule has 32 heavy (non-hydrogen) atoms. The monoisotopic (exact) mass is 456 g/mol. The van der Waals surface area contributed by atoms with Crippen molar-refractivity contribution < 1.29 is 0 Å². The molecular formula is C28H22Cl2N2. The van der Waals surface area contributed by atoms with E-state index in [1.807, 2.05) is 111 Å². The molecule has 0 atom stereocenters. The zero-order valence-corrected chi connectivity index (χ0v) is 19.4. The van der Waals surface area contributed by atoms with Crippen molar-refractivity contribution in [2.45, 2.75) is 13.8 Å². The fraction of sp³-hybridized carbons (Fsp3) is 0.0714. The van der Waals surface area contributed by atoms with Crippen molar-refractivity contribution >= 4 is 46.0 Å². The maximum atomic E-state index is 6.39. The van der Waals surface area contributed by atoms with E-state index >= 15 is 0 Å². The molecule has 0 N–H and O–H groups in total. The molecule has 2 nitrogen and oxygen atoms in total. The number of halogens is 2. The predicted molar refractivity (Wildman–Crippen MR) is 138 cm³/mol. The standard InChI is InChI=1S/C28H22Cl2N2/c1-19-23(29)15-9-17-25(19)31-27(21-11-5-3-6-12-21)28(22-13-7-4-8-14-22)32-26-18-10-16-24(30)20(26)2/h3-18H,1-2H3. The van der Waals surface area contributed by atoms with Crippen molar-refractivity contribution in [3.05, 3.63) is 129 Å². The Bertz CT molecular complexity index is 1190. The van der Waals surface area contributed by atoms with Gasteiger partial charge in [0.2, 0.25) is 0 Å². The molecule has 0 aromatic heterocycles. The first-order chi connectivity index (χ1) is 15.5. The van der Waals surface area contributed by atoms with Gasteiger partial charge in [-0.05, 0) is 49.2 Å². The summed E-state index contributed by atoms with van der Waals surface area (Å²) in [6, 6.07) is 31.7. The Balaban J connectivity index is 2.02. The first kappa shape index (κ1) is 22.0. The van der Waals surface area contributed by atoms with Crippen molar-refractivity contribution in [2.75, 3.05) is 0 Å². The third kappa shape index (κ3) is 4.83. The smallest absolute Gasteiger partial charge is 0.0972 e. The van der Waals surface area contributed by atoms with Crippen LogP contribution in [0.4, 0.5) is 11.4 Å². The molecule has 0 bridgehead atoms. The molecule has 0 fully saturated rings. The van der Waals surface area contributed by atoms with Gasteiger partial charge in [0.1, 0.15) is 0 Å². The Kier molecular flexibility index (Phi) is 6.84. The highest BCUT2D eigenvalue weighted by atomic mass is 35.5. The largest absolute Gasteiger partial charge is 0.246 e. The minimum Gasteiger partial charge on any atom is -0.246 e. The Labute approximate surface area is 198 Å². The van der Waals surface area contributed by atoms with Crippen LogP contribution in [0.5, 0.6) is 0 Å². The lowest BCUT2D eigenvalue weighted by Gasteiger charge is -2.14. The maximum Gasteiger partial charge on any atom is 0.0972 e. The minimum atomic E-state index is 0.683. The van der Waals surface area contributed by atoms with Crippen molar-refractivity contribution in [1.82, 2.24) is 0 Å². The van der Waals surface area contributed by atoms with Gasteiger partial charge in [-0.15, -0.1) is 0 Å². The minimum absolute atomic E-state index is 0.683. The molecule has 0 heterocycles. The molecule has 0 aliphatic carbocycles. The zero-order chi connectivity index (χ0) is 22.5. The zero-order valence-electron chi connectivity index (χ0n) is 17.9. The summed E-state index contributed by atoms with van der Waals surface area (Å²) in [5.74, 6) is 0. The molecule has 0 amide bonds. The van der Waals surface area contributed by atoms with E-state index in [2.05, 4.69) is 0 Å². The average molecular weight is 457 g/mol. The Morgan fingerprint density at radius 1 is 0.500 bits per heavy atom. The van der Waals surface area contributed by atoms with Crippen LogP contribution in [0.3, 0.4) is 0 Å². The van der Waals surface area contributed by atoms with Crippen LogP contribution in [0.2, 0.25) is 10.0 Å². The molecule has 4 aromatic carbocycles. The number of hydrogen-bond donors (Lipinski definition) is 0. The van der Waals surface area contributed by atoms with E-state index < -0.39 is 0 Å². The molecule has 0 saturated heterocycles. The van der Waals surface area contributed by atoms with Crippen molar-refractivity contribution in [2.24, 2.45) is 9.98 Å². The summed E-state index contributed by atoms with van der Waals surface area (Å²) in [6.45, 7) is 3.95. The molecule has 0 aliphatic rings. The topological polar surface area (TPSA) is 24.7 Å². The summed E-state index contributed by atoms with van der Waals surface area (Å²) in [5.41, 5.74) is 6.93. The van der Waals surface area contributed by atoms with E-state index in [-0.39, 0.29) is 0 Å². The lowest BCUT2D eigenvalue weighted by Crippen LogP contribution is -2.17. The summed E-state index contributed by atoms with van der Waals surface area (Å²) in [7, 11) is 0. The van der Waals surface area contributed by atoms with Gasteiger partial charge in [0, 0.05) is 21.2 Å². The molecule has 0 aliphatic heterocycles. The molecule has 158 valence electrons. The van der Waals surface area contributed by atoms with Gasteiger partial charge in [-0.25, -0.2) is 9.98 Å². The number of benzene rings is 4. The molecule has 0 radical (unpaired) electrons. The SMILES string of the molecule is Cc1c(Cl)cccc1N=C(C(=Nc1cccc(Cl)c1C)c1ccccc1)c1ccccc1. The number of nitrogens with zero attached hydrogens (tertiary/aromatic N) is 2. The lowest BCUT2D eigenvalue weighted by molar-refractivity contribution is 1.38. The highest BCUT2D eigenvalue weighted by Crippen LogP contribution is 2.29. The van der Waals surface area contributed by atoms with E-state index in [1.54, 1.807) is 0 Å². The van der Waals surface area contributed by atoms with Crippen molar-refractivity contribution in [3.8, 4) is 0 Å². The molecule has 0 saturated carbocycles. The molecule has 0 spiro atoms. The van der Waals surface area contributed by atoms with Gasteiger partial charge in [0.15, 0.2) is 0 Å². The third-order valence-electron chi connectivity index (χ3n) is 5.26. The van der Waals surface area contributed by atoms with Gasteiger partial charge in [0.05, 0.1) is 22.8 Å². The van der Waals surface area contributed by atoms with Gasteiger partial charge < -0.3 is 0 Å². The van der Waals surface area contributed by atoms with Crippen LogP contribution in [-0.4, -0.2) is 11.4 Å². The van der Waals surface area contributed by atoms with Crippen LogP contribution in [0.1, 0.15) is 22.3 Å². The van der Waals surface area contributed by atoms with Crippen molar-refractivity contribution in [3.63, 3.8) is 0 Å². The summed E-state index contributed by atoms with van der Waals surface area (Å²) in [5, 5.41) is 1.37. The fourth-order valence-electron chi connectivity index (χ4n) is 3.38. The predicted octanol–water partition coefficient (Wildman–Crippen LogP) is 8.55. The molecule has 4 heteroatoms. The summed E-state index contributed by atoms with van der Waals surface area (Å²) >= 11 is 12.8. The van der Waals surface area contributed by atoms with Crippen LogP contribution in [-0.2, 0) is 0 Å². The van der Waals surface area contributed by atoms with Gasteiger partial charge in [-0.2, -0.15) is 0 Å². The molecular weight excluding hydrogens is 435 g/mol. The van der Waals surface area contributed by atoms with E-state index in [0.717, 1.165) is 45.1 Å². The van der Waals surface area contributed by atoms with Crippen LogP contribution in [0, 0.1) is 13.8 Å². The summed E-state index contributed by atoms with van der Waals surface area (Å²) in [4.78, 5) is 10.2. The summed E-state index contributed by atoms with van der Waals surface area (Å²) < 4.78 is 0. The second-order valence-corrected chi connectivity index (χ2v) is 8.24.